The first kappa shape index (κ1) is 18.6. The van der Waals surface area contributed by atoms with Gasteiger partial charge in [-0.15, -0.1) is 0 Å². The number of ether oxygens (including phenoxy) is 1. The Morgan fingerprint density at radius 3 is 2.56 bits per heavy atom. The van der Waals surface area contributed by atoms with E-state index < -0.39 is 18.3 Å². The second-order valence-electron chi connectivity index (χ2n) is 5.57. The van der Waals surface area contributed by atoms with Gasteiger partial charge in [0.25, 0.3) is 0 Å². The molecule has 0 aromatic heterocycles. The number of hydrogen-bond acceptors (Lipinski definition) is 6. The number of aliphatic hydroxyl groups excluding tert-OH is 2. The zero-order chi connectivity index (χ0) is 18.2. The van der Waals surface area contributed by atoms with Crippen LogP contribution in [-0.4, -0.2) is 34.1 Å². The molecule has 25 heavy (non-hydrogen) atoms. The van der Waals surface area contributed by atoms with E-state index in [9.17, 15) is 20.1 Å². The van der Waals surface area contributed by atoms with Gasteiger partial charge in [0.2, 0.25) is 0 Å². The number of anilines is 1. The fourth-order valence-electron chi connectivity index (χ4n) is 2.28. The van der Waals surface area contributed by atoms with E-state index in [4.69, 9.17) is 10.5 Å². The Hall–Kier alpha value is -2.77. The van der Waals surface area contributed by atoms with Crippen LogP contribution in [0.1, 0.15) is 23.7 Å². The predicted octanol–water partition coefficient (Wildman–Crippen LogP) is 1.69. The fourth-order valence-corrected chi connectivity index (χ4v) is 2.28. The molecule has 134 valence electrons. The molecule has 0 fully saturated rings. The highest BCUT2D eigenvalue weighted by Crippen LogP contribution is 2.31. The van der Waals surface area contributed by atoms with Gasteiger partial charge in [-0.1, -0.05) is 42.5 Å². The van der Waals surface area contributed by atoms with Crippen molar-refractivity contribution in [2.75, 3.05) is 12.3 Å². The molecule has 2 unspecified atom stereocenters. The summed E-state index contributed by atoms with van der Waals surface area (Å²) in [5.41, 5.74) is 6.68. The molecule has 2 aromatic rings. The van der Waals surface area contributed by atoms with Crippen LogP contribution in [0, 0.1) is 0 Å². The Kier molecular flexibility index (Phi) is 6.62. The van der Waals surface area contributed by atoms with Crippen LogP contribution in [0.2, 0.25) is 0 Å². The van der Waals surface area contributed by atoms with Gasteiger partial charge in [0.1, 0.15) is 18.5 Å². The minimum Gasteiger partial charge on any atom is -0.505 e. The molecule has 0 saturated carbocycles. The minimum atomic E-state index is -1.31. The average Bonchev–Trinajstić information content (AvgIpc) is 2.62. The largest absolute Gasteiger partial charge is 0.505 e. The summed E-state index contributed by atoms with van der Waals surface area (Å²) >= 11 is 0. The number of aromatic hydroxyl groups is 1. The third-order valence-corrected chi connectivity index (χ3v) is 3.70. The molecule has 0 aliphatic carbocycles. The van der Waals surface area contributed by atoms with Gasteiger partial charge in [0.05, 0.1) is 11.8 Å². The summed E-state index contributed by atoms with van der Waals surface area (Å²) in [6.07, 6.45) is -3.03. The second kappa shape index (κ2) is 8.91. The molecule has 0 radical (unpaired) electrons. The van der Waals surface area contributed by atoms with Crippen LogP contribution in [0.15, 0.2) is 48.5 Å². The number of para-hydroxylation sites is 1. The van der Waals surface area contributed by atoms with Crippen molar-refractivity contribution >= 4 is 11.8 Å². The van der Waals surface area contributed by atoms with Crippen LogP contribution in [-0.2, 0) is 11.3 Å². The molecule has 7 heteroatoms. The third kappa shape index (κ3) is 5.37. The molecule has 0 saturated heterocycles. The SMILES string of the molecule is Nc1cccc(C(O)C(O)CCNC(=O)OCc2ccccc2)c1O. The maximum absolute atomic E-state index is 11.6. The lowest BCUT2D eigenvalue weighted by Crippen LogP contribution is -2.29. The van der Waals surface area contributed by atoms with Crippen LogP contribution >= 0.6 is 0 Å². The van der Waals surface area contributed by atoms with Crippen molar-refractivity contribution in [3.05, 3.63) is 59.7 Å². The van der Waals surface area contributed by atoms with Gasteiger partial charge in [-0.2, -0.15) is 0 Å². The van der Waals surface area contributed by atoms with Gasteiger partial charge in [-0.25, -0.2) is 4.79 Å². The number of rotatable bonds is 7. The summed E-state index contributed by atoms with van der Waals surface area (Å²) in [5.74, 6) is -0.260. The number of phenols is 1. The topological polar surface area (TPSA) is 125 Å². The lowest BCUT2D eigenvalue weighted by atomic mass is 10.0. The number of carbonyl (C=O) groups excluding carboxylic acids is 1. The molecule has 6 N–H and O–H groups in total. The van der Waals surface area contributed by atoms with Crippen LogP contribution in [0.5, 0.6) is 5.75 Å². The molecule has 1 amide bonds. The molecule has 2 atom stereocenters. The maximum atomic E-state index is 11.6. The predicted molar refractivity (Wildman–Crippen MR) is 92.7 cm³/mol. The number of alkyl carbamates (subject to hydrolysis) is 1. The van der Waals surface area contributed by atoms with E-state index in [1.807, 2.05) is 30.3 Å². The first-order chi connectivity index (χ1) is 12.0. The van der Waals surface area contributed by atoms with Gasteiger partial charge < -0.3 is 31.1 Å². The third-order valence-electron chi connectivity index (χ3n) is 3.70. The molecule has 2 aromatic carbocycles. The number of benzene rings is 2. The summed E-state index contributed by atoms with van der Waals surface area (Å²) < 4.78 is 5.04. The monoisotopic (exact) mass is 346 g/mol. The number of aliphatic hydroxyl groups is 2. The zero-order valence-electron chi connectivity index (χ0n) is 13.6. The van der Waals surface area contributed by atoms with Gasteiger partial charge in [0.15, 0.2) is 0 Å². The second-order valence-corrected chi connectivity index (χ2v) is 5.57. The molecular weight excluding hydrogens is 324 g/mol. The number of hydrogen-bond donors (Lipinski definition) is 5. The number of amides is 1. The Balaban J connectivity index is 1.75. The molecule has 0 aliphatic heterocycles. The van der Waals surface area contributed by atoms with E-state index in [1.165, 1.54) is 12.1 Å². The molecule has 0 aliphatic rings. The highest BCUT2D eigenvalue weighted by Gasteiger charge is 2.22. The van der Waals surface area contributed by atoms with Gasteiger partial charge >= 0.3 is 6.09 Å². The van der Waals surface area contributed by atoms with E-state index in [0.29, 0.717) is 0 Å². The van der Waals surface area contributed by atoms with E-state index in [2.05, 4.69) is 5.32 Å². The lowest BCUT2D eigenvalue weighted by Gasteiger charge is -2.19. The van der Waals surface area contributed by atoms with Crippen LogP contribution in [0.4, 0.5) is 10.5 Å². The van der Waals surface area contributed by atoms with Crippen LogP contribution in [0.25, 0.3) is 0 Å². The number of carbonyl (C=O) groups is 1. The fraction of sp³-hybridized carbons (Fsp3) is 0.278. The van der Waals surface area contributed by atoms with E-state index >= 15 is 0 Å². The van der Waals surface area contributed by atoms with Crippen LogP contribution in [0.3, 0.4) is 0 Å². The highest BCUT2D eigenvalue weighted by atomic mass is 16.5. The zero-order valence-corrected chi connectivity index (χ0v) is 13.6. The first-order valence-corrected chi connectivity index (χ1v) is 7.87. The van der Waals surface area contributed by atoms with Crippen molar-refractivity contribution in [1.29, 1.82) is 0 Å². The maximum Gasteiger partial charge on any atom is 0.407 e. The van der Waals surface area contributed by atoms with Crippen LogP contribution < -0.4 is 11.1 Å². The van der Waals surface area contributed by atoms with Crippen molar-refractivity contribution < 1.29 is 24.9 Å². The standard InChI is InChI=1S/C18H22N2O5/c19-14-8-4-7-13(16(14)22)17(23)15(21)9-10-20-18(24)25-11-12-5-2-1-3-6-12/h1-8,15,17,21-23H,9-11,19H2,(H,20,24). The number of phenolic OH excluding ortho intramolecular Hbond substituents is 1. The van der Waals surface area contributed by atoms with Crippen molar-refractivity contribution in [3.8, 4) is 5.75 Å². The van der Waals surface area contributed by atoms with Gasteiger partial charge in [-0.3, -0.25) is 0 Å². The minimum absolute atomic E-state index is 0.0792. The highest BCUT2D eigenvalue weighted by molar-refractivity contribution is 5.67. The summed E-state index contributed by atoms with van der Waals surface area (Å²) in [5, 5.41) is 32.4. The smallest absolute Gasteiger partial charge is 0.407 e. The molecule has 0 heterocycles. The number of nitrogens with two attached hydrogens (primary N) is 1. The van der Waals surface area contributed by atoms with E-state index in [-0.39, 0.29) is 36.6 Å². The molecule has 2 rings (SSSR count). The van der Waals surface area contributed by atoms with E-state index in [1.54, 1.807) is 6.07 Å². The van der Waals surface area contributed by atoms with Crippen molar-refractivity contribution in [3.63, 3.8) is 0 Å². The summed E-state index contributed by atoms with van der Waals surface area (Å²) in [6, 6.07) is 13.8. The normalized spacial score (nSPS) is 13.0. The van der Waals surface area contributed by atoms with Gasteiger partial charge in [-0.05, 0) is 18.1 Å². The van der Waals surface area contributed by atoms with Crippen molar-refractivity contribution in [2.24, 2.45) is 0 Å². The number of nitrogens with one attached hydrogen (secondary N) is 1. The Morgan fingerprint density at radius 1 is 1.12 bits per heavy atom. The summed E-state index contributed by atoms with van der Waals surface area (Å²) in [6.45, 7) is 0.254. The molecule has 7 nitrogen and oxygen atoms in total. The Labute approximate surface area is 145 Å². The van der Waals surface area contributed by atoms with Gasteiger partial charge in [0, 0.05) is 12.1 Å². The average molecular weight is 346 g/mol. The Bertz CT molecular complexity index is 693. The Morgan fingerprint density at radius 2 is 1.84 bits per heavy atom. The van der Waals surface area contributed by atoms with Crippen molar-refractivity contribution in [2.45, 2.75) is 25.2 Å². The molecule has 0 spiro atoms. The van der Waals surface area contributed by atoms with Crippen molar-refractivity contribution in [1.82, 2.24) is 5.32 Å². The first-order valence-electron chi connectivity index (χ1n) is 7.87. The quantitative estimate of drug-likeness (QED) is 0.384. The lowest BCUT2D eigenvalue weighted by molar-refractivity contribution is 0.0124. The summed E-state index contributed by atoms with van der Waals surface area (Å²) in [4.78, 5) is 11.6. The van der Waals surface area contributed by atoms with E-state index in [0.717, 1.165) is 5.56 Å². The summed E-state index contributed by atoms with van der Waals surface area (Å²) in [7, 11) is 0. The number of nitrogen functional groups attached to an aromatic ring is 1. The molecular formula is C18H22N2O5. The molecule has 0 bridgehead atoms.